The largest absolute Gasteiger partial charge is 0.339 e. The van der Waals surface area contributed by atoms with E-state index in [4.69, 9.17) is 0 Å². The minimum absolute atomic E-state index is 0.151. The highest BCUT2D eigenvalue weighted by Crippen LogP contribution is 2.37. The molecule has 0 spiro atoms. The van der Waals surface area contributed by atoms with E-state index >= 15 is 0 Å². The van der Waals surface area contributed by atoms with E-state index in [-0.39, 0.29) is 21.7 Å². The Morgan fingerprint density at radius 3 is 0.854 bits per heavy atom. The molecule has 4 N–H and O–H groups in total. The summed E-state index contributed by atoms with van der Waals surface area (Å²) in [5.41, 5.74) is 11.9. The fraction of sp³-hybridized carbons (Fsp3) is 0.455. The zero-order valence-electron chi connectivity index (χ0n) is 31.9. The first-order valence-corrected chi connectivity index (χ1v) is 19.9. The Morgan fingerprint density at radius 1 is 0.354 bits per heavy atom. The van der Waals surface area contributed by atoms with Crippen LogP contribution in [-0.2, 0) is 47.8 Å². The molecule has 0 aromatic heterocycles. The summed E-state index contributed by atoms with van der Waals surface area (Å²) >= 11 is 0. The molecule has 0 fully saturated rings. The first-order chi connectivity index (χ1) is 22.3. The van der Waals surface area contributed by atoms with Crippen LogP contribution in [0.4, 0.5) is 0 Å². The van der Waals surface area contributed by atoms with Crippen molar-refractivity contribution < 1.29 is 10.6 Å². The maximum absolute atomic E-state index is 2.43. The minimum atomic E-state index is 0.151. The molecule has 0 bridgehead atoms. The van der Waals surface area contributed by atoms with Gasteiger partial charge in [0.1, 0.15) is 26.2 Å². The van der Waals surface area contributed by atoms with Crippen LogP contribution < -0.4 is 10.6 Å². The number of nitrogens with two attached hydrogens (primary N) is 2. The average molecular weight is 683 g/mol. The highest BCUT2D eigenvalue weighted by atomic mass is 33.1. The second-order valence-corrected chi connectivity index (χ2v) is 20.0. The second kappa shape index (κ2) is 15.6. The molecule has 0 radical (unpaired) electrons. The zero-order valence-corrected chi connectivity index (χ0v) is 33.5. The van der Waals surface area contributed by atoms with Gasteiger partial charge in [0.2, 0.25) is 0 Å². The van der Waals surface area contributed by atoms with Gasteiger partial charge < -0.3 is 10.6 Å². The maximum atomic E-state index is 2.43. The summed E-state index contributed by atoms with van der Waals surface area (Å²) in [5, 5.41) is 4.85. The molecule has 0 aliphatic rings. The molecule has 0 heterocycles. The van der Waals surface area contributed by atoms with Gasteiger partial charge in [-0.2, -0.15) is 0 Å². The third-order valence-electron chi connectivity index (χ3n) is 9.05. The van der Waals surface area contributed by atoms with Crippen molar-refractivity contribution in [3.63, 3.8) is 0 Å². The summed E-state index contributed by atoms with van der Waals surface area (Å²) in [6.07, 6.45) is 0. The lowest BCUT2D eigenvalue weighted by molar-refractivity contribution is -0.686. The SMILES string of the molecule is CC(C)(C)c1cc(C[NH2+]Cc2ccc(SSc3ccc(C[NH2+]Cc4cc(C(C)(C)C)cc(C(C)(C)C)c4)cc3)cc2)cc(C(C)(C)C)c1. The van der Waals surface area contributed by atoms with Gasteiger partial charge in [-0.25, -0.2) is 0 Å². The minimum Gasteiger partial charge on any atom is -0.339 e. The summed E-state index contributed by atoms with van der Waals surface area (Å²) in [6.45, 7) is 31.7. The van der Waals surface area contributed by atoms with Crippen LogP contribution in [0, 0.1) is 0 Å². The second-order valence-electron chi connectivity index (χ2n) is 17.7. The maximum Gasteiger partial charge on any atom is 0.102 e. The van der Waals surface area contributed by atoms with E-state index in [9.17, 15) is 0 Å². The van der Waals surface area contributed by atoms with E-state index in [1.807, 2.05) is 21.6 Å². The molecule has 0 atom stereocenters. The molecule has 48 heavy (non-hydrogen) atoms. The van der Waals surface area contributed by atoms with E-state index in [0.29, 0.717) is 0 Å². The molecule has 4 heteroatoms. The standard InChI is InChI=1S/C44H60N2S2/c1-41(2,3)35-21-33(22-36(25-35)42(4,5)6)29-45-27-31-13-17-39(18-14-31)47-48-40-19-15-32(16-20-40)28-46-30-34-23-37(43(7,8)9)26-38(24-34)44(10,11)12/h13-26,45-46H,27-30H2,1-12H3/p+2. The Labute approximate surface area is 301 Å². The van der Waals surface area contributed by atoms with Crippen molar-refractivity contribution in [2.24, 2.45) is 0 Å². The molecular formula is C44H62N2S2+2. The van der Waals surface area contributed by atoms with Crippen molar-refractivity contribution in [1.29, 1.82) is 0 Å². The summed E-state index contributed by atoms with van der Waals surface area (Å²) in [4.78, 5) is 2.59. The van der Waals surface area contributed by atoms with E-state index in [2.05, 4.69) is 179 Å². The summed E-state index contributed by atoms with van der Waals surface area (Å²) in [6, 6.07) is 32.6. The first-order valence-electron chi connectivity index (χ1n) is 17.7. The van der Waals surface area contributed by atoms with Crippen LogP contribution in [-0.4, -0.2) is 0 Å². The monoisotopic (exact) mass is 682 g/mol. The van der Waals surface area contributed by atoms with Crippen LogP contribution in [0.5, 0.6) is 0 Å². The summed E-state index contributed by atoms with van der Waals surface area (Å²) in [5.74, 6) is 0. The number of benzene rings is 4. The third kappa shape index (κ3) is 11.5. The van der Waals surface area contributed by atoms with Crippen molar-refractivity contribution in [2.75, 3.05) is 0 Å². The van der Waals surface area contributed by atoms with Crippen LogP contribution in [0.2, 0.25) is 0 Å². The van der Waals surface area contributed by atoms with Gasteiger partial charge in [-0.3, -0.25) is 0 Å². The highest BCUT2D eigenvalue weighted by Gasteiger charge is 2.22. The van der Waals surface area contributed by atoms with Crippen molar-refractivity contribution in [3.8, 4) is 0 Å². The van der Waals surface area contributed by atoms with Crippen molar-refractivity contribution >= 4 is 21.6 Å². The summed E-state index contributed by atoms with van der Waals surface area (Å²) in [7, 11) is 3.67. The van der Waals surface area contributed by atoms with Crippen molar-refractivity contribution in [3.05, 3.63) is 129 Å². The predicted molar refractivity (Wildman–Crippen MR) is 211 cm³/mol. The van der Waals surface area contributed by atoms with Gasteiger partial charge >= 0.3 is 0 Å². The highest BCUT2D eigenvalue weighted by molar-refractivity contribution is 8.76. The Balaban J connectivity index is 1.25. The predicted octanol–water partition coefficient (Wildman–Crippen LogP) is 10.2. The molecule has 2 nitrogen and oxygen atoms in total. The quantitative estimate of drug-likeness (QED) is 0.154. The van der Waals surface area contributed by atoms with Crippen LogP contribution in [0.3, 0.4) is 0 Å². The Morgan fingerprint density at radius 2 is 0.604 bits per heavy atom. The molecule has 0 saturated heterocycles. The van der Waals surface area contributed by atoms with Crippen LogP contribution in [0.15, 0.2) is 94.7 Å². The Kier molecular flexibility index (Phi) is 12.4. The lowest BCUT2D eigenvalue weighted by Gasteiger charge is -2.26. The molecule has 0 unspecified atom stereocenters. The van der Waals surface area contributed by atoms with Gasteiger partial charge in [-0.15, -0.1) is 0 Å². The van der Waals surface area contributed by atoms with Crippen LogP contribution in [0.1, 0.15) is 128 Å². The molecule has 4 rings (SSSR count). The van der Waals surface area contributed by atoms with E-state index in [1.54, 1.807) is 0 Å². The Hall–Kier alpha value is -2.50. The summed E-state index contributed by atoms with van der Waals surface area (Å²) < 4.78 is 0. The first kappa shape index (κ1) is 38.3. The van der Waals surface area contributed by atoms with Crippen LogP contribution in [0.25, 0.3) is 0 Å². The topological polar surface area (TPSA) is 33.2 Å². The van der Waals surface area contributed by atoms with Gasteiger partial charge in [-0.1, -0.05) is 141 Å². The molecule has 0 aliphatic carbocycles. The van der Waals surface area contributed by atoms with E-state index < -0.39 is 0 Å². The molecule has 0 amide bonds. The van der Waals surface area contributed by atoms with Crippen molar-refractivity contribution in [1.82, 2.24) is 0 Å². The van der Waals surface area contributed by atoms with Gasteiger partial charge in [0.05, 0.1) is 0 Å². The number of hydrogen-bond donors (Lipinski definition) is 2. The fourth-order valence-electron chi connectivity index (χ4n) is 5.62. The van der Waals surface area contributed by atoms with Gasteiger partial charge in [0.15, 0.2) is 0 Å². The van der Waals surface area contributed by atoms with E-state index in [0.717, 1.165) is 26.2 Å². The van der Waals surface area contributed by atoms with Gasteiger partial charge in [0, 0.05) is 32.0 Å². The molecule has 0 saturated carbocycles. The molecule has 4 aromatic rings. The van der Waals surface area contributed by atoms with E-state index in [1.165, 1.54) is 54.3 Å². The smallest absolute Gasteiger partial charge is 0.102 e. The fourth-order valence-corrected chi connectivity index (χ4v) is 7.55. The molecule has 4 aromatic carbocycles. The molecule has 258 valence electrons. The van der Waals surface area contributed by atoms with Gasteiger partial charge in [-0.05, 0) is 92.4 Å². The number of rotatable bonds is 11. The molecule has 0 aliphatic heterocycles. The third-order valence-corrected chi connectivity index (χ3v) is 11.5. The molecular weight excluding hydrogens is 621 g/mol. The van der Waals surface area contributed by atoms with Crippen molar-refractivity contribution in [2.45, 2.75) is 141 Å². The number of hydrogen-bond acceptors (Lipinski definition) is 2. The number of quaternary nitrogens is 2. The lowest BCUT2D eigenvalue weighted by atomic mass is 9.79. The van der Waals surface area contributed by atoms with Gasteiger partial charge in [0.25, 0.3) is 0 Å². The van der Waals surface area contributed by atoms with Crippen LogP contribution >= 0.6 is 21.6 Å². The zero-order chi connectivity index (χ0) is 35.3. The normalized spacial score (nSPS) is 12.8. The average Bonchev–Trinajstić information content (AvgIpc) is 2.99. The Bertz CT molecular complexity index is 1440. The lowest BCUT2D eigenvalue weighted by Crippen LogP contribution is -2.80.